The smallest absolute Gasteiger partial charge is 0.318 e. The molecule has 0 aromatic carbocycles. The zero-order chi connectivity index (χ0) is 12.2. The summed E-state index contributed by atoms with van der Waals surface area (Å²) in [5, 5.41) is 8.67. The molecule has 0 spiro atoms. The number of nitrogens with zero attached hydrogens (tertiary/aromatic N) is 1. The Labute approximate surface area is 95.8 Å². The van der Waals surface area contributed by atoms with Crippen LogP contribution < -0.4 is 4.72 Å². The maximum atomic E-state index is 11.7. The van der Waals surface area contributed by atoms with Gasteiger partial charge in [-0.2, -0.15) is 12.7 Å². The van der Waals surface area contributed by atoms with Crippen molar-refractivity contribution in [3.05, 3.63) is 0 Å². The number of hydrogen-bond donors (Lipinski definition) is 2. The summed E-state index contributed by atoms with van der Waals surface area (Å²) >= 11 is 0. The van der Waals surface area contributed by atoms with E-state index < -0.39 is 22.7 Å². The second-order valence-electron chi connectivity index (χ2n) is 4.03. The minimum Gasteiger partial charge on any atom is -0.480 e. The molecule has 0 unspecified atom stereocenters. The number of carboxylic acid groups (broad SMARTS) is 1. The van der Waals surface area contributed by atoms with Crippen LogP contribution in [-0.2, 0) is 15.0 Å². The van der Waals surface area contributed by atoms with Crippen LogP contribution in [0, 0.1) is 5.92 Å². The molecular formula is C9H18N2O4S. The van der Waals surface area contributed by atoms with Crippen LogP contribution >= 0.6 is 0 Å². The first kappa shape index (κ1) is 13.4. The Morgan fingerprint density at radius 1 is 1.50 bits per heavy atom. The van der Waals surface area contributed by atoms with Gasteiger partial charge in [-0.1, -0.05) is 6.92 Å². The molecule has 7 heteroatoms. The topological polar surface area (TPSA) is 86.7 Å². The first-order chi connectivity index (χ1) is 7.45. The van der Waals surface area contributed by atoms with Gasteiger partial charge in [-0.15, -0.1) is 0 Å². The monoisotopic (exact) mass is 250 g/mol. The lowest BCUT2D eigenvalue weighted by molar-refractivity contribution is -0.137. The molecule has 6 nitrogen and oxygen atoms in total. The molecular weight excluding hydrogens is 232 g/mol. The maximum Gasteiger partial charge on any atom is 0.318 e. The molecule has 0 aliphatic heterocycles. The summed E-state index contributed by atoms with van der Waals surface area (Å²) < 4.78 is 26.9. The van der Waals surface area contributed by atoms with Crippen LogP contribution in [-0.4, -0.2) is 43.4 Å². The van der Waals surface area contributed by atoms with E-state index in [2.05, 4.69) is 4.72 Å². The van der Waals surface area contributed by atoms with Gasteiger partial charge >= 0.3 is 5.97 Å². The van der Waals surface area contributed by atoms with Crippen LogP contribution in [0.4, 0.5) is 0 Å². The second kappa shape index (κ2) is 5.60. The standard InChI is InChI=1S/C9H18N2O4S/c1-2-5-10-16(14,15)11(7-9(12)13)6-8-3-4-8/h8,10H,2-7H2,1H3,(H,12,13). The fraction of sp³-hybridized carbons (Fsp3) is 0.889. The Hall–Kier alpha value is -0.660. The van der Waals surface area contributed by atoms with Gasteiger partial charge in [0.25, 0.3) is 10.2 Å². The third kappa shape index (κ3) is 4.46. The van der Waals surface area contributed by atoms with Crippen LogP contribution in [0.2, 0.25) is 0 Å². The van der Waals surface area contributed by atoms with E-state index in [1.807, 2.05) is 6.92 Å². The minimum atomic E-state index is -3.63. The van der Waals surface area contributed by atoms with E-state index in [1.54, 1.807) is 0 Å². The molecule has 2 N–H and O–H groups in total. The van der Waals surface area contributed by atoms with Gasteiger partial charge in [0, 0.05) is 13.1 Å². The highest BCUT2D eigenvalue weighted by molar-refractivity contribution is 7.87. The Morgan fingerprint density at radius 2 is 2.12 bits per heavy atom. The zero-order valence-electron chi connectivity index (χ0n) is 9.35. The van der Waals surface area contributed by atoms with E-state index in [-0.39, 0.29) is 0 Å². The first-order valence-corrected chi connectivity index (χ1v) is 6.86. The molecule has 0 atom stereocenters. The van der Waals surface area contributed by atoms with Gasteiger partial charge in [0.15, 0.2) is 0 Å². The predicted octanol–water partition coefficient (Wildman–Crippen LogP) is 0.0274. The lowest BCUT2D eigenvalue weighted by Crippen LogP contribution is -2.44. The van der Waals surface area contributed by atoms with Crippen molar-refractivity contribution < 1.29 is 18.3 Å². The van der Waals surface area contributed by atoms with Crippen molar-refractivity contribution in [3.63, 3.8) is 0 Å². The van der Waals surface area contributed by atoms with E-state index in [0.29, 0.717) is 25.4 Å². The molecule has 1 fully saturated rings. The van der Waals surface area contributed by atoms with Crippen LogP contribution in [0.5, 0.6) is 0 Å². The molecule has 0 amide bonds. The quantitative estimate of drug-likeness (QED) is 0.636. The van der Waals surface area contributed by atoms with Crippen molar-refractivity contribution in [2.24, 2.45) is 5.92 Å². The number of nitrogens with one attached hydrogen (secondary N) is 1. The number of aliphatic carboxylic acids is 1. The van der Waals surface area contributed by atoms with Gasteiger partial charge in [0.05, 0.1) is 0 Å². The van der Waals surface area contributed by atoms with Gasteiger partial charge < -0.3 is 5.11 Å². The van der Waals surface area contributed by atoms with Crippen LogP contribution in [0.3, 0.4) is 0 Å². The summed E-state index contributed by atoms with van der Waals surface area (Å²) in [7, 11) is -3.63. The lowest BCUT2D eigenvalue weighted by Gasteiger charge is -2.20. The van der Waals surface area contributed by atoms with Crippen LogP contribution in [0.25, 0.3) is 0 Å². The van der Waals surface area contributed by atoms with Crippen molar-refractivity contribution in [3.8, 4) is 0 Å². The summed E-state index contributed by atoms with van der Waals surface area (Å²) in [6.07, 6.45) is 2.66. The molecule has 0 saturated heterocycles. The minimum absolute atomic E-state index is 0.311. The highest BCUT2D eigenvalue weighted by atomic mass is 32.2. The Kier molecular flexibility index (Phi) is 4.69. The average molecular weight is 250 g/mol. The molecule has 0 heterocycles. The largest absolute Gasteiger partial charge is 0.480 e. The fourth-order valence-corrected chi connectivity index (χ4v) is 2.64. The molecule has 1 aliphatic carbocycles. The van der Waals surface area contributed by atoms with Gasteiger partial charge in [-0.3, -0.25) is 4.79 Å². The molecule has 1 rings (SSSR count). The summed E-state index contributed by atoms with van der Waals surface area (Å²) in [6, 6.07) is 0. The van der Waals surface area contributed by atoms with Gasteiger partial charge in [0.1, 0.15) is 6.54 Å². The molecule has 94 valence electrons. The van der Waals surface area contributed by atoms with Gasteiger partial charge in [-0.05, 0) is 25.2 Å². The number of rotatable bonds is 8. The molecule has 1 saturated carbocycles. The summed E-state index contributed by atoms with van der Waals surface area (Å²) in [4.78, 5) is 10.6. The third-order valence-corrected chi connectivity index (χ3v) is 3.87. The Morgan fingerprint density at radius 3 is 2.56 bits per heavy atom. The molecule has 0 radical (unpaired) electrons. The van der Waals surface area contributed by atoms with Gasteiger partial charge in [-0.25, -0.2) is 4.72 Å². The number of carbonyl (C=O) groups is 1. The zero-order valence-corrected chi connectivity index (χ0v) is 10.2. The van der Waals surface area contributed by atoms with Crippen molar-refractivity contribution >= 4 is 16.2 Å². The first-order valence-electron chi connectivity index (χ1n) is 5.42. The molecule has 0 bridgehead atoms. The van der Waals surface area contributed by atoms with Gasteiger partial charge in [0.2, 0.25) is 0 Å². The van der Waals surface area contributed by atoms with E-state index >= 15 is 0 Å². The third-order valence-electron chi connectivity index (χ3n) is 2.34. The number of carboxylic acids is 1. The predicted molar refractivity (Wildman–Crippen MR) is 59.1 cm³/mol. The van der Waals surface area contributed by atoms with Crippen molar-refractivity contribution in [2.75, 3.05) is 19.6 Å². The summed E-state index contributed by atoms with van der Waals surface area (Å²) in [5.41, 5.74) is 0. The van der Waals surface area contributed by atoms with Crippen molar-refractivity contribution in [1.29, 1.82) is 0 Å². The van der Waals surface area contributed by atoms with E-state index in [4.69, 9.17) is 5.11 Å². The van der Waals surface area contributed by atoms with E-state index in [9.17, 15) is 13.2 Å². The maximum absolute atomic E-state index is 11.7. The Balaban J connectivity index is 2.60. The van der Waals surface area contributed by atoms with Crippen molar-refractivity contribution in [2.45, 2.75) is 26.2 Å². The van der Waals surface area contributed by atoms with E-state index in [0.717, 1.165) is 17.1 Å². The molecule has 16 heavy (non-hydrogen) atoms. The lowest BCUT2D eigenvalue weighted by atomic mass is 10.4. The van der Waals surface area contributed by atoms with Crippen molar-refractivity contribution in [1.82, 2.24) is 9.03 Å². The average Bonchev–Trinajstić information content (AvgIpc) is 2.97. The molecule has 0 aromatic rings. The molecule has 1 aliphatic rings. The van der Waals surface area contributed by atoms with Crippen LogP contribution in [0.1, 0.15) is 26.2 Å². The number of hydrogen-bond acceptors (Lipinski definition) is 3. The summed E-state index contributed by atoms with van der Waals surface area (Å²) in [6.45, 7) is 2.04. The Bertz CT molecular complexity index is 337. The summed E-state index contributed by atoms with van der Waals surface area (Å²) in [5.74, 6) is -0.792. The second-order valence-corrected chi connectivity index (χ2v) is 5.78. The molecule has 0 aromatic heterocycles. The van der Waals surface area contributed by atoms with E-state index in [1.165, 1.54) is 0 Å². The van der Waals surface area contributed by atoms with Crippen LogP contribution in [0.15, 0.2) is 0 Å². The normalized spacial score (nSPS) is 16.6. The SMILES string of the molecule is CCCNS(=O)(=O)N(CC(=O)O)CC1CC1. The highest BCUT2D eigenvalue weighted by Gasteiger charge is 2.31. The highest BCUT2D eigenvalue weighted by Crippen LogP contribution is 2.30. The fourth-order valence-electron chi connectivity index (χ4n) is 1.31.